The zero-order valence-corrected chi connectivity index (χ0v) is 11.8. The molecule has 1 aliphatic carbocycles. The van der Waals surface area contributed by atoms with Gasteiger partial charge in [-0.05, 0) is 37.8 Å². The van der Waals surface area contributed by atoms with E-state index in [9.17, 15) is 18.4 Å². The predicted molar refractivity (Wildman–Crippen MR) is 71.6 cm³/mol. The third kappa shape index (κ3) is 3.20. The number of carbonyl (C=O) groups is 2. The molecule has 0 heterocycles. The molecule has 0 spiro atoms. The monoisotopic (exact) mass is 297 g/mol. The number of nitrogens with one attached hydrogen (secondary N) is 1. The van der Waals surface area contributed by atoms with E-state index in [1.165, 1.54) is 19.1 Å². The van der Waals surface area contributed by atoms with Gasteiger partial charge in [-0.1, -0.05) is 12.1 Å². The lowest BCUT2D eigenvalue weighted by molar-refractivity contribution is -0.142. The molecule has 1 amide bonds. The number of carboxylic acid groups (broad SMARTS) is 1. The lowest BCUT2D eigenvalue weighted by Gasteiger charge is -2.17. The van der Waals surface area contributed by atoms with E-state index in [2.05, 4.69) is 5.32 Å². The molecule has 1 saturated carbocycles. The van der Waals surface area contributed by atoms with Gasteiger partial charge >= 0.3 is 5.97 Å². The van der Waals surface area contributed by atoms with Crippen LogP contribution in [0.3, 0.4) is 0 Å². The predicted octanol–water partition coefficient (Wildman–Crippen LogP) is 2.29. The van der Waals surface area contributed by atoms with Crippen LogP contribution in [0.15, 0.2) is 18.2 Å². The summed E-state index contributed by atoms with van der Waals surface area (Å²) in [7, 11) is 0. The fraction of sp³-hybridized carbons (Fsp3) is 0.467. The summed E-state index contributed by atoms with van der Waals surface area (Å²) >= 11 is 0. The number of hydrogen-bond acceptors (Lipinski definition) is 2. The van der Waals surface area contributed by atoms with Gasteiger partial charge < -0.3 is 10.4 Å². The molecule has 1 fully saturated rings. The van der Waals surface area contributed by atoms with Crippen LogP contribution in [0.4, 0.5) is 8.78 Å². The first-order valence-electron chi connectivity index (χ1n) is 6.80. The highest BCUT2D eigenvalue weighted by Crippen LogP contribution is 2.48. The van der Waals surface area contributed by atoms with Gasteiger partial charge in [0.1, 0.15) is 0 Å². The third-order valence-electron chi connectivity index (χ3n) is 4.02. The largest absolute Gasteiger partial charge is 0.481 e. The Bertz CT molecular complexity index is 576. The Hall–Kier alpha value is -1.98. The van der Waals surface area contributed by atoms with E-state index >= 15 is 0 Å². The molecular formula is C15H17F2NO3. The van der Waals surface area contributed by atoms with Crippen molar-refractivity contribution in [3.05, 3.63) is 35.4 Å². The van der Waals surface area contributed by atoms with Crippen molar-refractivity contribution < 1.29 is 23.5 Å². The Kier molecular flexibility index (Phi) is 4.25. The number of benzene rings is 1. The van der Waals surface area contributed by atoms with Gasteiger partial charge in [0.15, 0.2) is 11.6 Å². The second-order valence-corrected chi connectivity index (χ2v) is 5.52. The van der Waals surface area contributed by atoms with Crippen LogP contribution in [0, 0.1) is 23.5 Å². The Labute approximate surface area is 121 Å². The summed E-state index contributed by atoms with van der Waals surface area (Å²) < 4.78 is 26.8. The van der Waals surface area contributed by atoms with Crippen molar-refractivity contribution in [1.82, 2.24) is 5.32 Å². The van der Waals surface area contributed by atoms with Crippen LogP contribution in [0.2, 0.25) is 0 Å². The van der Waals surface area contributed by atoms with E-state index in [4.69, 9.17) is 5.11 Å². The van der Waals surface area contributed by atoms with Crippen LogP contribution in [-0.2, 0) is 9.59 Å². The SMILES string of the molecule is CC(NC(=O)C1CC1c1cccc(F)c1F)C(C)C(=O)O. The number of amides is 1. The highest BCUT2D eigenvalue weighted by molar-refractivity contribution is 5.84. The molecule has 2 rings (SSSR count). The first-order valence-corrected chi connectivity index (χ1v) is 6.80. The zero-order chi connectivity index (χ0) is 15.7. The van der Waals surface area contributed by atoms with Gasteiger partial charge in [0.05, 0.1) is 5.92 Å². The van der Waals surface area contributed by atoms with Gasteiger partial charge in [0.2, 0.25) is 5.91 Å². The molecule has 6 heteroatoms. The molecule has 114 valence electrons. The molecule has 4 nitrogen and oxygen atoms in total. The average Bonchev–Trinajstić information content (AvgIpc) is 3.21. The quantitative estimate of drug-likeness (QED) is 0.876. The van der Waals surface area contributed by atoms with Gasteiger partial charge in [0.25, 0.3) is 0 Å². The van der Waals surface area contributed by atoms with Crippen molar-refractivity contribution in [2.75, 3.05) is 0 Å². The normalized spacial score (nSPS) is 23.2. The van der Waals surface area contributed by atoms with E-state index in [0.717, 1.165) is 6.07 Å². The van der Waals surface area contributed by atoms with Crippen LogP contribution in [-0.4, -0.2) is 23.0 Å². The fourth-order valence-electron chi connectivity index (χ4n) is 2.31. The summed E-state index contributed by atoms with van der Waals surface area (Å²) in [4.78, 5) is 22.8. The number of aliphatic carboxylic acids is 1. The van der Waals surface area contributed by atoms with Crippen molar-refractivity contribution in [3.8, 4) is 0 Å². The highest BCUT2D eigenvalue weighted by atomic mass is 19.2. The van der Waals surface area contributed by atoms with Gasteiger partial charge in [-0.3, -0.25) is 9.59 Å². The summed E-state index contributed by atoms with van der Waals surface area (Å²) in [5, 5.41) is 11.5. The average molecular weight is 297 g/mol. The Morgan fingerprint density at radius 2 is 2.00 bits per heavy atom. The summed E-state index contributed by atoms with van der Waals surface area (Å²) in [6.45, 7) is 3.11. The summed E-state index contributed by atoms with van der Waals surface area (Å²) in [5.41, 5.74) is 0.203. The molecule has 21 heavy (non-hydrogen) atoms. The first-order chi connectivity index (χ1) is 9.82. The number of carboxylic acids is 1. The van der Waals surface area contributed by atoms with E-state index in [1.54, 1.807) is 6.92 Å². The molecular weight excluding hydrogens is 280 g/mol. The topological polar surface area (TPSA) is 66.4 Å². The molecule has 0 aliphatic heterocycles. The van der Waals surface area contributed by atoms with Crippen molar-refractivity contribution >= 4 is 11.9 Å². The van der Waals surface area contributed by atoms with Crippen molar-refractivity contribution in [2.45, 2.75) is 32.2 Å². The molecule has 2 N–H and O–H groups in total. The van der Waals surface area contributed by atoms with Gasteiger partial charge in [-0.2, -0.15) is 0 Å². The smallest absolute Gasteiger partial charge is 0.308 e. The van der Waals surface area contributed by atoms with Crippen LogP contribution < -0.4 is 5.32 Å². The van der Waals surface area contributed by atoms with E-state index in [0.29, 0.717) is 6.42 Å². The molecule has 1 aliphatic rings. The zero-order valence-electron chi connectivity index (χ0n) is 11.8. The van der Waals surface area contributed by atoms with Crippen LogP contribution >= 0.6 is 0 Å². The number of hydrogen-bond donors (Lipinski definition) is 2. The summed E-state index contributed by atoms with van der Waals surface area (Å²) in [6.07, 6.45) is 0.445. The maximum atomic E-state index is 13.6. The Morgan fingerprint density at radius 3 is 2.62 bits per heavy atom. The second-order valence-electron chi connectivity index (χ2n) is 5.52. The van der Waals surface area contributed by atoms with Crippen LogP contribution in [0.25, 0.3) is 0 Å². The maximum Gasteiger partial charge on any atom is 0.308 e. The minimum absolute atomic E-state index is 0.203. The fourth-order valence-corrected chi connectivity index (χ4v) is 2.31. The number of rotatable bonds is 5. The molecule has 4 atom stereocenters. The first kappa shape index (κ1) is 15.4. The molecule has 1 aromatic rings. The lowest BCUT2D eigenvalue weighted by Crippen LogP contribution is -2.40. The van der Waals surface area contributed by atoms with Crippen molar-refractivity contribution in [1.29, 1.82) is 0 Å². The van der Waals surface area contributed by atoms with Crippen LogP contribution in [0.5, 0.6) is 0 Å². The maximum absolute atomic E-state index is 13.6. The Balaban J connectivity index is 1.98. The van der Waals surface area contributed by atoms with E-state index < -0.39 is 35.5 Å². The van der Waals surface area contributed by atoms with Crippen molar-refractivity contribution in [3.63, 3.8) is 0 Å². The molecule has 4 unspecified atom stereocenters. The summed E-state index contributed by atoms with van der Waals surface area (Å²) in [5.74, 6) is -4.62. The summed E-state index contributed by atoms with van der Waals surface area (Å²) in [6, 6.07) is 3.40. The van der Waals surface area contributed by atoms with E-state index in [-0.39, 0.29) is 17.4 Å². The minimum atomic E-state index is -0.994. The molecule has 0 aromatic heterocycles. The Morgan fingerprint density at radius 1 is 1.33 bits per heavy atom. The highest BCUT2D eigenvalue weighted by Gasteiger charge is 2.46. The molecule has 1 aromatic carbocycles. The van der Waals surface area contributed by atoms with E-state index in [1.807, 2.05) is 0 Å². The number of carbonyl (C=O) groups excluding carboxylic acids is 1. The van der Waals surface area contributed by atoms with Crippen LogP contribution in [0.1, 0.15) is 31.7 Å². The lowest BCUT2D eigenvalue weighted by atomic mass is 10.0. The van der Waals surface area contributed by atoms with Gasteiger partial charge in [-0.15, -0.1) is 0 Å². The van der Waals surface area contributed by atoms with Gasteiger partial charge in [-0.25, -0.2) is 8.78 Å². The third-order valence-corrected chi connectivity index (χ3v) is 4.02. The molecule has 0 bridgehead atoms. The molecule has 0 radical (unpaired) electrons. The molecule has 0 saturated heterocycles. The number of halogens is 2. The second kappa shape index (κ2) is 5.79. The minimum Gasteiger partial charge on any atom is -0.481 e. The standard InChI is InChI=1S/C15H17F2NO3/c1-7(15(20)21)8(2)18-14(19)11-6-10(11)9-4-3-5-12(16)13(9)17/h3-5,7-8,10-11H,6H2,1-2H3,(H,18,19)(H,20,21). The van der Waals surface area contributed by atoms with Gasteiger partial charge in [0, 0.05) is 12.0 Å². The van der Waals surface area contributed by atoms with Crippen molar-refractivity contribution in [2.24, 2.45) is 11.8 Å².